The van der Waals surface area contributed by atoms with Crippen LogP contribution < -0.4 is 5.73 Å². The van der Waals surface area contributed by atoms with Crippen molar-refractivity contribution in [3.8, 4) is 11.1 Å². The third-order valence-corrected chi connectivity index (χ3v) is 4.32. The molecular formula is C18H20N2O2. The predicted molar refractivity (Wildman–Crippen MR) is 86.7 cm³/mol. The number of rotatable bonds is 3. The van der Waals surface area contributed by atoms with Crippen molar-refractivity contribution < 1.29 is 9.90 Å². The summed E-state index contributed by atoms with van der Waals surface area (Å²) >= 11 is 0. The third-order valence-electron chi connectivity index (χ3n) is 4.32. The van der Waals surface area contributed by atoms with E-state index >= 15 is 0 Å². The van der Waals surface area contributed by atoms with Crippen LogP contribution in [0.4, 0.5) is 4.79 Å². The molecule has 1 aliphatic rings. The average molecular weight is 296 g/mol. The molecule has 3 N–H and O–H groups in total. The van der Waals surface area contributed by atoms with Crippen molar-refractivity contribution in [1.82, 2.24) is 4.90 Å². The van der Waals surface area contributed by atoms with Crippen LogP contribution in [-0.2, 0) is 6.42 Å². The van der Waals surface area contributed by atoms with Crippen molar-refractivity contribution in [2.45, 2.75) is 24.9 Å². The standard InChI is InChI=1S/C18H20N2O2/c19-16-9-10-20(18(21)22)17(16)12-13-5-4-8-15(11-13)14-6-2-1-3-7-14/h1-8,11,16-17H,9-10,12,19H2,(H,21,22)/t16-,17-/m0/s1. The first-order valence-electron chi connectivity index (χ1n) is 7.54. The van der Waals surface area contributed by atoms with Crippen molar-refractivity contribution >= 4 is 6.09 Å². The smallest absolute Gasteiger partial charge is 0.407 e. The maximum absolute atomic E-state index is 11.3. The Labute approximate surface area is 130 Å². The quantitative estimate of drug-likeness (QED) is 0.915. The first-order valence-corrected chi connectivity index (χ1v) is 7.54. The van der Waals surface area contributed by atoms with Gasteiger partial charge in [0.1, 0.15) is 0 Å². The summed E-state index contributed by atoms with van der Waals surface area (Å²) in [5.74, 6) is 0. The molecule has 22 heavy (non-hydrogen) atoms. The molecule has 1 heterocycles. The Balaban J connectivity index is 1.82. The van der Waals surface area contributed by atoms with E-state index in [1.807, 2.05) is 30.3 Å². The highest BCUT2D eigenvalue weighted by atomic mass is 16.4. The zero-order valence-corrected chi connectivity index (χ0v) is 12.4. The van der Waals surface area contributed by atoms with Crippen molar-refractivity contribution in [2.75, 3.05) is 6.54 Å². The summed E-state index contributed by atoms with van der Waals surface area (Å²) in [6.45, 7) is 0.527. The van der Waals surface area contributed by atoms with E-state index < -0.39 is 6.09 Å². The molecule has 0 saturated carbocycles. The molecule has 2 aromatic rings. The Hall–Kier alpha value is -2.33. The highest BCUT2D eigenvalue weighted by Gasteiger charge is 2.34. The Morgan fingerprint density at radius 3 is 2.59 bits per heavy atom. The summed E-state index contributed by atoms with van der Waals surface area (Å²) in [6.07, 6.45) is 0.515. The largest absolute Gasteiger partial charge is 0.465 e. The summed E-state index contributed by atoms with van der Waals surface area (Å²) < 4.78 is 0. The van der Waals surface area contributed by atoms with Gasteiger partial charge in [-0.3, -0.25) is 0 Å². The lowest BCUT2D eigenvalue weighted by Gasteiger charge is -2.24. The van der Waals surface area contributed by atoms with E-state index in [4.69, 9.17) is 5.73 Å². The molecule has 2 atom stereocenters. The van der Waals surface area contributed by atoms with Crippen LogP contribution in [-0.4, -0.2) is 34.7 Å². The lowest BCUT2D eigenvalue weighted by Crippen LogP contribution is -2.43. The van der Waals surface area contributed by atoms with E-state index in [-0.39, 0.29) is 12.1 Å². The molecule has 0 aliphatic carbocycles. The molecule has 3 rings (SSSR count). The first-order chi connectivity index (χ1) is 10.6. The Morgan fingerprint density at radius 2 is 1.86 bits per heavy atom. The minimum absolute atomic E-state index is 0.0866. The summed E-state index contributed by atoms with van der Waals surface area (Å²) in [7, 11) is 0. The van der Waals surface area contributed by atoms with Gasteiger partial charge in [-0.25, -0.2) is 4.79 Å². The number of carbonyl (C=O) groups is 1. The Bertz CT molecular complexity index is 657. The predicted octanol–water partition coefficient (Wildman–Crippen LogP) is 2.98. The van der Waals surface area contributed by atoms with Gasteiger partial charge >= 0.3 is 6.09 Å². The number of benzene rings is 2. The van der Waals surface area contributed by atoms with E-state index in [0.29, 0.717) is 13.0 Å². The maximum atomic E-state index is 11.3. The van der Waals surface area contributed by atoms with Crippen LogP contribution in [0.15, 0.2) is 54.6 Å². The van der Waals surface area contributed by atoms with Gasteiger partial charge in [0.15, 0.2) is 0 Å². The van der Waals surface area contributed by atoms with Crippen LogP contribution in [0.1, 0.15) is 12.0 Å². The fourth-order valence-electron chi connectivity index (χ4n) is 3.13. The molecule has 1 fully saturated rings. The lowest BCUT2D eigenvalue weighted by atomic mass is 9.97. The van der Waals surface area contributed by atoms with Crippen LogP contribution in [0.2, 0.25) is 0 Å². The van der Waals surface area contributed by atoms with Gasteiger partial charge in [0, 0.05) is 12.6 Å². The summed E-state index contributed by atoms with van der Waals surface area (Å²) in [5, 5.41) is 9.28. The molecule has 0 unspecified atom stereocenters. The number of carboxylic acid groups (broad SMARTS) is 1. The lowest BCUT2D eigenvalue weighted by molar-refractivity contribution is 0.138. The molecule has 4 heteroatoms. The van der Waals surface area contributed by atoms with Crippen molar-refractivity contribution in [2.24, 2.45) is 5.73 Å². The van der Waals surface area contributed by atoms with Gasteiger partial charge in [-0.15, -0.1) is 0 Å². The van der Waals surface area contributed by atoms with Crippen LogP contribution in [0.5, 0.6) is 0 Å². The normalized spacial score (nSPS) is 21.0. The zero-order chi connectivity index (χ0) is 15.5. The van der Waals surface area contributed by atoms with Crippen molar-refractivity contribution in [3.05, 3.63) is 60.2 Å². The van der Waals surface area contributed by atoms with Crippen molar-refractivity contribution in [3.63, 3.8) is 0 Å². The van der Waals surface area contributed by atoms with Gasteiger partial charge in [-0.05, 0) is 29.5 Å². The second-order valence-corrected chi connectivity index (χ2v) is 5.77. The molecule has 1 amide bonds. The first kappa shape index (κ1) is 14.6. The number of nitrogens with zero attached hydrogens (tertiary/aromatic N) is 1. The van der Waals surface area contributed by atoms with Crippen LogP contribution >= 0.6 is 0 Å². The Kier molecular flexibility index (Phi) is 4.11. The summed E-state index contributed by atoms with van der Waals surface area (Å²) in [5.41, 5.74) is 9.53. The van der Waals surface area contributed by atoms with Crippen LogP contribution in [0, 0.1) is 0 Å². The monoisotopic (exact) mass is 296 g/mol. The van der Waals surface area contributed by atoms with Crippen LogP contribution in [0.3, 0.4) is 0 Å². The molecular weight excluding hydrogens is 276 g/mol. The number of nitrogens with two attached hydrogens (primary N) is 1. The van der Waals surface area contributed by atoms with Gasteiger partial charge < -0.3 is 15.7 Å². The maximum Gasteiger partial charge on any atom is 0.407 e. The molecule has 114 valence electrons. The number of amides is 1. The summed E-state index contributed by atoms with van der Waals surface area (Å²) in [4.78, 5) is 12.8. The molecule has 0 bridgehead atoms. The van der Waals surface area contributed by atoms with E-state index in [2.05, 4.69) is 24.3 Å². The SMILES string of the molecule is N[C@H]1CCN(C(=O)O)[C@H]1Cc1cccc(-c2ccccc2)c1. The number of likely N-dealkylation sites (tertiary alicyclic amines) is 1. The van der Waals surface area contributed by atoms with E-state index in [1.54, 1.807) is 0 Å². The molecule has 0 spiro atoms. The Morgan fingerprint density at radius 1 is 1.14 bits per heavy atom. The molecule has 1 aliphatic heterocycles. The van der Waals surface area contributed by atoms with E-state index in [1.165, 1.54) is 4.90 Å². The minimum Gasteiger partial charge on any atom is -0.465 e. The van der Waals surface area contributed by atoms with Gasteiger partial charge in [0.25, 0.3) is 0 Å². The molecule has 4 nitrogen and oxygen atoms in total. The minimum atomic E-state index is -0.878. The number of hydrogen-bond donors (Lipinski definition) is 2. The molecule has 0 radical (unpaired) electrons. The number of hydrogen-bond acceptors (Lipinski definition) is 2. The second-order valence-electron chi connectivity index (χ2n) is 5.77. The van der Waals surface area contributed by atoms with E-state index in [9.17, 15) is 9.90 Å². The fourth-order valence-corrected chi connectivity index (χ4v) is 3.13. The second kappa shape index (κ2) is 6.20. The fraction of sp³-hybridized carbons (Fsp3) is 0.278. The highest BCUT2D eigenvalue weighted by Crippen LogP contribution is 2.24. The van der Waals surface area contributed by atoms with Gasteiger partial charge in [-0.1, -0.05) is 54.6 Å². The highest BCUT2D eigenvalue weighted by molar-refractivity contribution is 5.66. The average Bonchev–Trinajstić information content (AvgIpc) is 2.90. The van der Waals surface area contributed by atoms with Gasteiger partial charge in [-0.2, -0.15) is 0 Å². The zero-order valence-electron chi connectivity index (χ0n) is 12.4. The molecule has 0 aromatic heterocycles. The van der Waals surface area contributed by atoms with Crippen LogP contribution in [0.25, 0.3) is 11.1 Å². The molecule has 1 saturated heterocycles. The third kappa shape index (κ3) is 2.97. The van der Waals surface area contributed by atoms with Crippen molar-refractivity contribution in [1.29, 1.82) is 0 Å². The van der Waals surface area contributed by atoms with Gasteiger partial charge in [0.2, 0.25) is 0 Å². The molecule has 2 aromatic carbocycles. The van der Waals surface area contributed by atoms with E-state index in [0.717, 1.165) is 23.1 Å². The summed E-state index contributed by atoms with van der Waals surface area (Å²) in [6, 6.07) is 18.2. The topological polar surface area (TPSA) is 66.6 Å². The van der Waals surface area contributed by atoms with Gasteiger partial charge in [0.05, 0.1) is 6.04 Å².